The molecule has 3 rings (SSSR count). The molecule has 0 atom stereocenters. The lowest BCUT2D eigenvalue weighted by Gasteiger charge is -2.29. The van der Waals surface area contributed by atoms with Crippen molar-refractivity contribution in [3.63, 3.8) is 0 Å². The first-order valence-electron chi connectivity index (χ1n) is 8.69. The number of hydrogen-bond acceptors (Lipinski definition) is 3. The van der Waals surface area contributed by atoms with Crippen molar-refractivity contribution >= 4 is 44.7 Å². The number of benzene rings is 2. The van der Waals surface area contributed by atoms with Gasteiger partial charge in [0.25, 0.3) is 5.91 Å². The molecule has 0 aliphatic carbocycles. The fourth-order valence-electron chi connectivity index (χ4n) is 2.85. The van der Waals surface area contributed by atoms with E-state index in [1.54, 1.807) is 0 Å². The number of carbonyl (C=O) groups excluding carboxylic acids is 1. The van der Waals surface area contributed by atoms with E-state index >= 15 is 0 Å². The normalized spacial score (nSPS) is 14.0. The zero-order valence-electron chi connectivity index (χ0n) is 14.4. The predicted octanol–water partition coefficient (Wildman–Crippen LogP) is 4.63. The molecule has 0 spiro atoms. The van der Waals surface area contributed by atoms with Crippen molar-refractivity contribution in [2.75, 3.05) is 25.0 Å². The average molecular weight is 433 g/mol. The lowest BCUT2D eigenvalue weighted by Crippen LogP contribution is -2.34. The van der Waals surface area contributed by atoms with Gasteiger partial charge in [-0.05, 0) is 67.8 Å². The SMILES string of the molecule is O=C(COc1ccc(C(=S)N2CCCCC2)cc1)Nc1ccc(Br)cc1. The number of halogens is 1. The number of likely N-dealkylation sites (tertiary alicyclic amines) is 1. The Morgan fingerprint density at radius 2 is 1.69 bits per heavy atom. The summed E-state index contributed by atoms with van der Waals surface area (Å²) >= 11 is 8.95. The fraction of sp³-hybridized carbons (Fsp3) is 0.300. The van der Waals surface area contributed by atoms with Gasteiger partial charge in [-0.1, -0.05) is 28.1 Å². The van der Waals surface area contributed by atoms with E-state index in [9.17, 15) is 4.79 Å². The van der Waals surface area contributed by atoms with Crippen LogP contribution < -0.4 is 10.1 Å². The Hall–Kier alpha value is -1.92. The summed E-state index contributed by atoms with van der Waals surface area (Å²) in [7, 11) is 0. The molecule has 0 unspecified atom stereocenters. The number of thiocarbonyl (C=S) groups is 1. The second kappa shape index (κ2) is 9.14. The third-order valence-electron chi connectivity index (χ3n) is 4.24. The highest BCUT2D eigenvalue weighted by atomic mass is 79.9. The highest BCUT2D eigenvalue weighted by molar-refractivity contribution is 9.10. The molecule has 0 saturated carbocycles. The van der Waals surface area contributed by atoms with E-state index in [4.69, 9.17) is 17.0 Å². The molecule has 1 aliphatic rings. The molecular formula is C20H21BrN2O2S. The number of ether oxygens (including phenoxy) is 1. The van der Waals surface area contributed by atoms with Crippen LogP contribution in [0.1, 0.15) is 24.8 Å². The van der Waals surface area contributed by atoms with E-state index in [2.05, 4.69) is 26.1 Å². The number of amides is 1. The van der Waals surface area contributed by atoms with Crippen molar-refractivity contribution in [3.05, 3.63) is 58.6 Å². The minimum Gasteiger partial charge on any atom is -0.484 e. The van der Waals surface area contributed by atoms with E-state index in [1.807, 2.05) is 48.5 Å². The van der Waals surface area contributed by atoms with Crippen LogP contribution in [-0.4, -0.2) is 35.5 Å². The number of piperidine rings is 1. The average Bonchev–Trinajstić information content (AvgIpc) is 2.69. The van der Waals surface area contributed by atoms with Gasteiger partial charge in [-0.25, -0.2) is 0 Å². The van der Waals surface area contributed by atoms with Gasteiger partial charge >= 0.3 is 0 Å². The first kappa shape index (κ1) is 18.9. The Kier molecular flexibility index (Phi) is 6.63. The Balaban J connectivity index is 1.50. The number of rotatable bonds is 5. The molecule has 0 radical (unpaired) electrons. The topological polar surface area (TPSA) is 41.6 Å². The second-order valence-electron chi connectivity index (χ2n) is 6.22. The van der Waals surface area contributed by atoms with Gasteiger partial charge in [0.15, 0.2) is 6.61 Å². The summed E-state index contributed by atoms with van der Waals surface area (Å²) < 4.78 is 6.53. The molecule has 136 valence electrons. The number of nitrogens with one attached hydrogen (secondary N) is 1. The maximum Gasteiger partial charge on any atom is 0.262 e. The van der Waals surface area contributed by atoms with Crippen LogP contribution in [0.4, 0.5) is 5.69 Å². The lowest BCUT2D eigenvalue weighted by molar-refractivity contribution is -0.118. The van der Waals surface area contributed by atoms with Crippen molar-refractivity contribution < 1.29 is 9.53 Å². The van der Waals surface area contributed by atoms with Gasteiger partial charge in [-0.3, -0.25) is 4.79 Å². The van der Waals surface area contributed by atoms with Crippen molar-refractivity contribution in [2.45, 2.75) is 19.3 Å². The van der Waals surface area contributed by atoms with Crippen molar-refractivity contribution in [1.82, 2.24) is 4.90 Å². The fourth-order valence-corrected chi connectivity index (χ4v) is 3.44. The zero-order valence-corrected chi connectivity index (χ0v) is 16.8. The molecule has 1 heterocycles. The Morgan fingerprint density at radius 3 is 2.35 bits per heavy atom. The van der Waals surface area contributed by atoms with Gasteiger partial charge in [0.05, 0.1) is 0 Å². The van der Waals surface area contributed by atoms with Crippen LogP contribution in [0.15, 0.2) is 53.0 Å². The lowest BCUT2D eigenvalue weighted by atomic mass is 10.1. The maximum absolute atomic E-state index is 12.0. The molecule has 0 bridgehead atoms. The van der Waals surface area contributed by atoms with Gasteiger partial charge in [0.1, 0.15) is 10.7 Å². The largest absolute Gasteiger partial charge is 0.484 e. The molecule has 2 aromatic rings. The molecular weight excluding hydrogens is 412 g/mol. The smallest absolute Gasteiger partial charge is 0.262 e. The molecule has 0 aromatic heterocycles. The van der Waals surface area contributed by atoms with E-state index in [1.165, 1.54) is 19.3 Å². The highest BCUT2D eigenvalue weighted by Crippen LogP contribution is 2.18. The van der Waals surface area contributed by atoms with Gasteiger partial charge in [0.2, 0.25) is 0 Å². The van der Waals surface area contributed by atoms with Crippen LogP contribution in [0.5, 0.6) is 5.75 Å². The molecule has 2 aromatic carbocycles. The van der Waals surface area contributed by atoms with Crippen molar-refractivity contribution in [2.24, 2.45) is 0 Å². The number of nitrogens with zero attached hydrogens (tertiary/aromatic N) is 1. The molecule has 1 fully saturated rings. The van der Waals surface area contributed by atoms with Crippen LogP contribution in [0, 0.1) is 0 Å². The summed E-state index contributed by atoms with van der Waals surface area (Å²) in [5, 5.41) is 2.80. The van der Waals surface area contributed by atoms with Crippen molar-refractivity contribution in [1.29, 1.82) is 0 Å². The monoisotopic (exact) mass is 432 g/mol. The summed E-state index contributed by atoms with van der Waals surface area (Å²) in [6, 6.07) is 15.0. The van der Waals surface area contributed by atoms with Gasteiger partial charge in [-0.15, -0.1) is 0 Å². The predicted molar refractivity (Wildman–Crippen MR) is 112 cm³/mol. The van der Waals surface area contributed by atoms with E-state index in [-0.39, 0.29) is 12.5 Å². The molecule has 6 heteroatoms. The van der Waals surface area contributed by atoms with Crippen LogP contribution in [0.25, 0.3) is 0 Å². The standard InChI is InChI=1S/C20H21BrN2O2S/c21-16-6-8-17(9-7-16)22-19(24)14-25-18-10-4-15(5-11-18)20(26)23-12-2-1-3-13-23/h4-11H,1-3,12-14H2,(H,22,24). The minimum absolute atomic E-state index is 0.0357. The second-order valence-corrected chi connectivity index (χ2v) is 7.52. The Labute approximate surface area is 167 Å². The molecule has 4 nitrogen and oxygen atoms in total. The Morgan fingerprint density at radius 1 is 1.04 bits per heavy atom. The molecule has 1 aliphatic heterocycles. The van der Waals surface area contributed by atoms with E-state index in [0.29, 0.717) is 5.75 Å². The minimum atomic E-state index is -0.194. The van der Waals surface area contributed by atoms with Crippen LogP contribution in [-0.2, 0) is 4.79 Å². The molecule has 26 heavy (non-hydrogen) atoms. The first-order chi connectivity index (χ1) is 12.6. The van der Waals surface area contributed by atoms with Crippen LogP contribution in [0.2, 0.25) is 0 Å². The third kappa shape index (κ3) is 5.29. The summed E-state index contributed by atoms with van der Waals surface area (Å²) in [5.41, 5.74) is 1.76. The van der Waals surface area contributed by atoms with E-state index < -0.39 is 0 Å². The van der Waals surface area contributed by atoms with Crippen LogP contribution in [0.3, 0.4) is 0 Å². The quantitative estimate of drug-likeness (QED) is 0.699. The van der Waals surface area contributed by atoms with Gasteiger partial charge < -0.3 is 15.0 Å². The van der Waals surface area contributed by atoms with E-state index in [0.717, 1.165) is 33.8 Å². The van der Waals surface area contributed by atoms with Gasteiger partial charge in [0, 0.05) is 28.8 Å². The zero-order chi connectivity index (χ0) is 18.4. The van der Waals surface area contributed by atoms with Crippen molar-refractivity contribution in [3.8, 4) is 5.75 Å². The summed E-state index contributed by atoms with van der Waals surface area (Å²) in [5.74, 6) is 0.460. The number of hydrogen-bond donors (Lipinski definition) is 1. The number of carbonyl (C=O) groups is 1. The Bertz CT molecular complexity index is 756. The van der Waals surface area contributed by atoms with Crippen LogP contribution >= 0.6 is 28.1 Å². The molecule has 1 amide bonds. The summed E-state index contributed by atoms with van der Waals surface area (Å²) in [6.45, 7) is 2.03. The maximum atomic E-state index is 12.0. The summed E-state index contributed by atoms with van der Waals surface area (Å²) in [6.07, 6.45) is 3.69. The molecule has 1 N–H and O–H groups in total. The number of anilines is 1. The highest BCUT2D eigenvalue weighted by Gasteiger charge is 2.14. The van der Waals surface area contributed by atoms with Gasteiger partial charge in [-0.2, -0.15) is 0 Å². The third-order valence-corrected chi connectivity index (χ3v) is 5.27. The molecule has 1 saturated heterocycles. The first-order valence-corrected chi connectivity index (χ1v) is 9.89. The summed E-state index contributed by atoms with van der Waals surface area (Å²) in [4.78, 5) is 15.1.